The number of aromatic hydroxyl groups is 1. The van der Waals surface area contributed by atoms with Crippen LogP contribution >= 0.6 is 0 Å². The summed E-state index contributed by atoms with van der Waals surface area (Å²) in [6.07, 6.45) is 0. The molecule has 6 nitrogen and oxygen atoms in total. The molecule has 0 unspecified atom stereocenters. The molecular weight excluding hydrogens is 600 g/mol. The van der Waals surface area contributed by atoms with Crippen molar-refractivity contribution in [2.45, 2.75) is 13.8 Å². The van der Waals surface area contributed by atoms with Gasteiger partial charge >= 0.3 is 11.9 Å². The van der Waals surface area contributed by atoms with Crippen molar-refractivity contribution in [1.29, 1.82) is 0 Å². The number of aliphatic hydroxyl groups excluding tert-OH is 1. The third kappa shape index (κ3) is 7.89. The zero-order chi connectivity index (χ0) is 34.2. The highest BCUT2D eigenvalue weighted by Crippen LogP contribution is 2.30. The number of esters is 2. The summed E-state index contributed by atoms with van der Waals surface area (Å²) in [5, 5.41) is 26.7. The fourth-order valence-corrected chi connectivity index (χ4v) is 5.03. The molecule has 0 bridgehead atoms. The molecule has 0 aliphatic heterocycles. The second kappa shape index (κ2) is 14.8. The minimum atomic E-state index is -0.447. The maximum absolute atomic E-state index is 11.7. The minimum absolute atomic E-state index is 0.0210. The molecule has 0 heterocycles. The number of benzene rings is 6. The van der Waals surface area contributed by atoms with Gasteiger partial charge in [-0.05, 0) is 105 Å². The highest BCUT2D eigenvalue weighted by molar-refractivity contribution is 6.09. The van der Waals surface area contributed by atoms with Crippen LogP contribution in [0.4, 0.5) is 0 Å². The summed E-state index contributed by atoms with van der Waals surface area (Å²) in [6.45, 7) is 10.2. The number of fused-ring (bicyclic) bond motifs is 6. The van der Waals surface area contributed by atoms with E-state index in [9.17, 15) is 14.7 Å². The molecule has 0 atom stereocenters. The molecular formula is C42H32O6. The standard InChI is InChI=1S/C25H20O4.C17H12O2/c1-16(2)24(26)28-13-5-6-18-7-11-22-19(14-18)8-9-20-15-21(10-12-23(20)22)29-25(27)17(3)4;18-9-1-2-12-3-7-16-13(10-12)4-5-14-11-15(19)6-8-17(14)16/h7-12,14-15H,1,3,13H2,2,4H3;3-8,10-11,18-19H,9H2. The minimum Gasteiger partial charge on any atom is -0.508 e. The fourth-order valence-electron chi connectivity index (χ4n) is 5.03. The molecule has 6 heteroatoms. The van der Waals surface area contributed by atoms with E-state index in [0.29, 0.717) is 16.9 Å². The SMILES string of the molecule is C=C(C)C(=O)OCC#Cc1ccc2c(ccc3cc(OC(=O)C(=C)C)ccc32)c1.OCC#Cc1ccc2c(ccc3cc(O)ccc32)c1. The molecule has 0 fully saturated rings. The second-order valence-corrected chi connectivity index (χ2v) is 11.1. The third-order valence-corrected chi connectivity index (χ3v) is 7.35. The van der Waals surface area contributed by atoms with Crippen LogP contribution in [0.5, 0.6) is 11.5 Å². The van der Waals surface area contributed by atoms with Crippen molar-refractivity contribution in [3.05, 3.63) is 132 Å². The quantitative estimate of drug-likeness (QED) is 0.0673. The first-order valence-corrected chi connectivity index (χ1v) is 15.0. The van der Waals surface area contributed by atoms with Crippen LogP contribution in [0.1, 0.15) is 25.0 Å². The molecule has 48 heavy (non-hydrogen) atoms. The molecule has 6 aromatic carbocycles. The predicted octanol–water partition coefficient (Wildman–Crippen LogP) is 7.99. The topological polar surface area (TPSA) is 93.1 Å². The molecule has 0 saturated heterocycles. The first-order valence-electron chi connectivity index (χ1n) is 15.0. The van der Waals surface area contributed by atoms with Gasteiger partial charge in [0.1, 0.15) is 18.1 Å². The molecule has 0 spiro atoms. The Bertz CT molecular complexity index is 2380. The van der Waals surface area contributed by atoms with E-state index in [1.165, 1.54) is 0 Å². The van der Waals surface area contributed by atoms with Gasteiger partial charge in [0.25, 0.3) is 0 Å². The lowest BCUT2D eigenvalue weighted by Gasteiger charge is -2.08. The molecule has 0 aromatic heterocycles. The van der Waals surface area contributed by atoms with Crippen LogP contribution < -0.4 is 4.74 Å². The van der Waals surface area contributed by atoms with Crippen molar-refractivity contribution in [3.8, 4) is 35.2 Å². The monoisotopic (exact) mass is 632 g/mol. The summed E-state index contributed by atoms with van der Waals surface area (Å²) in [5.74, 6) is 11.3. The van der Waals surface area contributed by atoms with E-state index in [4.69, 9.17) is 14.6 Å². The predicted molar refractivity (Wildman–Crippen MR) is 192 cm³/mol. The van der Waals surface area contributed by atoms with E-state index in [2.05, 4.69) is 36.8 Å². The second-order valence-electron chi connectivity index (χ2n) is 11.1. The van der Waals surface area contributed by atoms with Crippen LogP contribution in [0.25, 0.3) is 43.1 Å². The Morgan fingerprint density at radius 1 is 0.625 bits per heavy atom. The molecule has 6 aromatic rings. The van der Waals surface area contributed by atoms with E-state index in [1.807, 2.05) is 78.9 Å². The number of ether oxygens (including phenoxy) is 2. The van der Waals surface area contributed by atoms with Gasteiger partial charge in [-0.3, -0.25) is 0 Å². The van der Waals surface area contributed by atoms with Crippen LogP contribution in [0.3, 0.4) is 0 Å². The number of phenols is 1. The van der Waals surface area contributed by atoms with Crippen LogP contribution in [0.15, 0.2) is 121 Å². The van der Waals surface area contributed by atoms with Gasteiger partial charge in [0.2, 0.25) is 0 Å². The number of carbonyl (C=O) groups excluding carboxylic acids is 2. The average molecular weight is 633 g/mol. The molecule has 236 valence electrons. The molecule has 6 rings (SSSR count). The van der Waals surface area contributed by atoms with Crippen LogP contribution in [0, 0.1) is 23.7 Å². The highest BCUT2D eigenvalue weighted by Gasteiger charge is 2.08. The molecule has 2 N–H and O–H groups in total. The smallest absolute Gasteiger partial charge is 0.338 e. The first kappa shape index (κ1) is 33.0. The lowest BCUT2D eigenvalue weighted by molar-refractivity contribution is -0.137. The summed E-state index contributed by atoms with van der Waals surface area (Å²) in [5.41, 5.74) is 2.42. The number of hydrogen-bond acceptors (Lipinski definition) is 6. The maximum atomic E-state index is 11.7. The molecule has 0 radical (unpaired) electrons. The van der Waals surface area contributed by atoms with Gasteiger partial charge in [-0.2, -0.15) is 0 Å². The van der Waals surface area contributed by atoms with E-state index < -0.39 is 11.9 Å². The number of phenolic OH excluding ortho intramolecular Hbond substituents is 1. The molecule has 0 aliphatic carbocycles. The van der Waals surface area contributed by atoms with Crippen molar-refractivity contribution in [1.82, 2.24) is 0 Å². The van der Waals surface area contributed by atoms with E-state index in [1.54, 1.807) is 32.0 Å². The van der Waals surface area contributed by atoms with E-state index in [-0.39, 0.29) is 19.0 Å². The Kier molecular flexibility index (Phi) is 10.2. The number of carbonyl (C=O) groups is 2. The van der Waals surface area contributed by atoms with E-state index >= 15 is 0 Å². The van der Waals surface area contributed by atoms with Crippen molar-refractivity contribution >= 4 is 55.0 Å². The Hall–Kier alpha value is -6.34. The van der Waals surface area contributed by atoms with Gasteiger partial charge in [-0.15, -0.1) is 0 Å². The Morgan fingerprint density at radius 2 is 1.10 bits per heavy atom. The number of rotatable bonds is 4. The van der Waals surface area contributed by atoms with Gasteiger partial charge < -0.3 is 19.7 Å². The summed E-state index contributed by atoms with van der Waals surface area (Å²) >= 11 is 0. The average Bonchev–Trinajstić information content (AvgIpc) is 3.08. The summed E-state index contributed by atoms with van der Waals surface area (Å²) in [7, 11) is 0. The maximum Gasteiger partial charge on any atom is 0.338 e. The zero-order valence-electron chi connectivity index (χ0n) is 26.6. The molecule has 0 saturated carbocycles. The van der Waals surface area contributed by atoms with Crippen molar-refractivity contribution in [2.75, 3.05) is 13.2 Å². The lowest BCUT2D eigenvalue weighted by Crippen LogP contribution is -2.07. The van der Waals surface area contributed by atoms with Crippen molar-refractivity contribution in [3.63, 3.8) is 0 Å². The van der Waals surface area contributed by atoms with Crippen molar-refractivity contribution < 1.29 is 29.3 Å². The molecule has 0 aliphatic rings. The van der Waals surface area contributed by atoms with Gasteiger partial charge in [-0.1, -0.05) is 85.4 Å². The van der Waals surface area contributed by atoms with E-state index in [0.717, 1.165) is 54.2 Å². The van der Waals surface area contributed by atoms with Gasteiger partial charge in [0.05, 0.1) is 0 Å². The van der Waals surface area contributed by atoms with Gasteiger partial charge in [0.15, 0.2) is 6.61 Å². The van der Waals surface area contributed by atoms with Gasteiger partial charge in [-0.25, -0.2) is 9.59 Å². The number of hydrogen-bond donors (Lipinski definition) is 2. The first-order chi connectivity index (χ1) is 23.1. The normalized spacial score (nSPS) is 10.2. The summed E-state index contributed by atoms with van der Waals surface area (Å²) in [6, 6.07) is 30.8. The summed E-state index contributed by atoms with van der Waals surface area (Å²) in [4.78, 5) is 23.1. The largest absolute Gasteiger partial charge is 0.508 e. The Morgan fingerprint density at radius 3 is 1.65 bits per heavy atom. The third-order valence-electron chi connectivity index (χ3n) is 7.35. The van der Waals surface area contributed by atoms with Gasteiger partial charge in [0, 0.05) is 22.3 Å². The lowest BCUT2D eigenvalue weighted by atomic mass is 10.00. The fraction of sp³-hybridized carbons (Fsp3) is 0.0952. The van der Waals surface area contributed by atoms with Crippen LogP contribution in [-0.4, -0.2) is 35.4 Å². The van der Waals surface area contributed by atoms with Crippen LogP contribution in [-0.2, 0) is 14.3 Å². The highest BCUT2D eigenvalue weighted by atomic mass is 16.5. The van der Waals surface area contributed by atoms with Crippen LogP contribution in [0.2, 0.25) is 0 Å². The molecule has 0 amide bonds. The Balaban J connectivity index is 0.000000204. The number of aliphatic hydroxyl groups is 1. The van der Waals surface area contributed by atoms with Crippen molar-refractivity contribution in [2.24, 2.45) is 0 Å². The summed E-state index contributed by atoms with van der Waals surface area (Å²) < 4.78 is 10.3. The Labute approximate surface area is 278 Å². The zero-order valence-corrected chi connectivity index (χ0v) is 26.6.